The Kier molecular flexibility index (Phi) is 3.95. The molecule has 1 aromatic rings. The van der Waals surface area contributed by atoms with Crippen molar-refractivity contribution in [3.63, 3.8) is 0 Å². The quantitative estimate of drug-likeness (QED) is 0.651. The number of nitrogens with two attached hydrogens (primary N) is 1. The van der Waals surface area contributed by atoms with Gasteiger partial charge in [0.2, 0.25) is 0 Å². The van der Waals surface area contributed by atoms with Crippen molar-refractivity contribution in [1.82, 2.24) is 5.32 Å². The fraction of sp³-hybridized carbons (Fsp3) is 0.385. The number of nitrogen functional groups attached to an aromatic ring is 1. The molecular formula is C13H15ClN2O3. The third kappa shape index (κ3) is 3.61. The van der Waals surface area contributed by atoms with Gasteiger partial charge in [0, 0.05) is 16.8 Å². The molecule has 0 bridgehead atoms. The number of ether oxygens (including phenoxy) is 1. The smallest absolute Gasteiger partial charge is 0.341 e. The van der Waals surface area contributed by atoms with Gasteiger partial charge < -0.3 is 15.8 Å². The number of anilines is 1. The van der Waals surface area contributed by atoms with E-state index in [0.717, 1.165) is 12.8 Å². The summed E-state index contributed by atoms with van der Waals surface area (Å²) in [4.78, 5) is 23.5. The van der Waals surface area contributed by atoms with Crippen LogP contribution >= 0.6 is 11.6 Å². The standard InChI is InChI=1S/C13H15ClN2O3/c1-7(12(17)16-9-3-4-9)19-13(18)10-5-2-8(14)6-11(10)15/h2,5-7,9H,3-4,15H2,1H3,(H,16,17). The molecule has 1 saturated carbocycles. The van der Waals surface area contributed by atoms with Crippen molar-refractivity contribution in [2.45, 2.75) is 31.9 Å². The van der Waals surface area contributed by atoms with E-state index in [1.54, 1.807) is 6.07 Å². The Morgan fingerprint density at radius 2 is 2.16 bits per heavy atom. The van der Waals surface area contributed by atoms with Gasteiger partial charge in [0.1, 0.15) is 0 Å². The van der Waals surface area contributed by atoms with E-state index in [9.17, 15) is 9.59 Å². The summed E-state index contributed by atoms with van der Waals surface area (Å²) in [6, 6.07) is 4.72. The van der Waals surface area contributed by atoms with Crippen LogP contribution in [0, 0.1) is 0 Å². The van der Waals surface area contributed by atoms with Crippen LogP contribution in [0.3, 0.4) is 0 Å². The van der Waals surface area contributed by atoms with Gasteiger partial charge in [-0.15, -0.1) is 0 Å². The Hall–Kier alpha value is -1.75. The van der Waals surface area contributed by atoms with Gasteiger partial charge >= 0.3 is 5.97 Å². The molecule has 0 heterocycles. The second-order valence-electron chi connectivity index (χ2n) is 4.56. The largest absolute Gasteiger partial charge is 0.449 e. The first kappa shape index (κ1) is 13.7. The lowest BCUT2D eigenvalue weighted by Crippen LogP contribution is -2.37. The van der Waals surface area contributed by atoms with Crippen molar-refractivity contribution in [1.29, 1.82) is 0 Å². The molecule has 1 amide bonds. The fourth-order valence-electron chi connectivity index (χ4n) is 1.54. The SMILES string of the molecule is CC(OC(=O)c1ccc(Cl)cc1N)C(=O)NC1CC1. The maximum Gasteiger partial charge on any atom is 0.341 e. The zero-order valence-electron chi connectivity index (χ0n) is 10.5. The van der Waals surface area contributed by atoms with E-state index in [-0.39, 0.29) is 23.2 Å². The Balaban J connectivity index is 1.97. The van der Waals surface area contributed by atoms with E-state index in [1.807, 2.05) is 0 Å². The van der Waals surface area contributed by atoms with Crippen molar-refractivity contribution in [3.8, 4) is 0 Å². The number of benzene rings is 1. The first-order valence-electron chi connectivity index (χ1n) is 6.03. The van der Waals surface area contributed by atoms with E-state index in [0.29, 0.717) is 5.02 Å². The molecule has 3 N–H and O–H groups in total. The van der Waals surface area contributed by atoms with Gasteiger partial charge in [0.15, 0.2) is 6.10 Å². The second-order valence-corrected chi connectivity index (χ2v) is 5.00. The highest BCUT2D eigenvalue weighted by molar-refractivity contribution is 6.31. The average Bonchev–Trinajstić information content (AvgIpc) is 3.12. The zero-order valence-corrected chi connectivity index (χ0v) is 11.2. The lowest BCUT2D eigenvalue weighted by molar-refractivity contribution is -0.129. The Labute approximate surface area is 116 Å². The number of nitrogens with one attached hydrogen (secondary N) is 1. The molecule has 1 aromatic carbocycles. The summed E-state index contributed by atoms with van der Waals surface area (Å²) in [5, 5.41) is 3.20. The topological polar surface area (TPSA) is 81.4 Å². The van der Waals surface area contributed by atoms with Crippen LogP contribution in [0.1, 0.15) is 30.1 Å². The first-order valence-corrected chi connectivity index (χ1v) is 6.41. The van der Waals surface area contributed by atoms with Crippen LogP contribution < -0.4 is 11.1 Å². The predicted molar refractivity (Wildman–Crippen MR) is 71.9 cm³/mol. The predicted octanol–water partition coefficient (Wildman–Crippen LogP) is 1.75. The molecule has 102 valence electrons. The van der Waals surface area contributed by atoms with Crippen LogP contribution in [0.25, 0.3) is 0 Å². The summed E-state index contributed by atoms with van der Waals surface area (Å²) in [5.74, 6) is -0.920. The maximum absolute atomic E-state index is 11.9. The molecule has 19 heavy (non-hydrogen) atoms. The van der Waals surface area contributed by atoms with Gasteiger partial charge in [-0.1, -0.05) is 11.6 Å². The van der Waals surface area contributed by atoms with Crippen LogP contribution in [0.15, 0.2) is 18.2 Å². The minimum Gasteiger partial charge on any atom is -0.449 e. The minimum atomic E-state index is -0.844. The first-order chi connectivity index (χ1) is 8.97. The van der Waals surface area contributed by atoms with Crippen molar-refractivity contribution < 1.29 is 14.3 Å². The highest BCUT2D eigenvalue weighted by Gasteiger charge is 2.27. The number of amides is 1. The van der Waals surface area contributed by atoms with Crippen molar-refractivity contribution in [3.05, 3.63) is 28.8 Å². The van der Waals surface area contributed by atoms with Crippen LogP contribution in [0.2, 0.25) is 5.02 Å². The fourth-order valence-corrected chi connectivity index (χ4v) is 1.72. The van der Waals surface area contributed by atoms with E-state index in [2.05, 4.69) is 5.32 Å². The summed E-state index contributed by atoms with van der Waals surface area (Å²) >= 11 is 5.75. The highest BCUT2D eigenvalue weighted by atomic mass is 35.5. The number of hydrogen-bond donors (Lipinski definition) is 2. The molecule has 1 aliphatic carbocycles. The monoisotopic (exact) mass is 282 g/mol. The van der Waals surface area contributed by atoms with Gasteiger partial charge in [-0.25, -0.2) is 4.79 Å². The minimum absolute atomic E-state index is 0.204. The second kappa shape index (κ2) is 5.48. The Morgan fingerprint density at radius 1 is 1.47 bits per heavy atom. The van der Waals surface area contributed by atoms with E-state index >= 15 is 0 Å². The molecular weight excluding hydrogens is 268 g/mol. The van der Waals surface area contributed by atoms with Gasteiger partial charge in [-0.3, -0.25) is 4.79 Å². The normalized spacial score (nSPS) is 15.7. The van der Waals surface area contributed by atoms with Crippen LogP contribution in [-0.2, 0) is 9.53 Å². The van der Waals surface area contributed by atoms with E-state index < -0.39 is 12.1 Å². The molecule has 5 nitrogen and oxygen atoms in total. The molecule has 0 radical (unpaired) electrons. The summed E-state index contributed by atoms with van der Waals surface area (Å²) in [5.41, 5.74) is 6.11. The Bertz CT molecular complexity index is 515. The summed E-state index contributed by atoms with van der Waals surface area (Å²) < 4.78 is 5.07. The number of rotatable bonds is 4. The molecule has 0 aliphatic heterocycles. The summed E-state index contributed by atoms with van der Waals surface area (Å²) in [7, 11) is 0. The molecule has 1 atom stereocenters. The third-order valence-electron chi connectivity index (χ3n) is 2.81. The zero-order chi connectivity index (χ0) is 14.0. The molecule has 1 aliphatic rings. The van der Waals surface area contributed by atoms with Gasteiger partial charge in [0.25, 0.3) is 5.91 Å². The molecule has 0 aromatic heterocycles. The number of carbonyl (C=O) groups is 2. The van der Waals surface area contributed by atoms with Crippen molar-refractivity contribution in [2.75, 3.05) is 5.73 Å². The van der Waals surface area contributed by atoms with Crippen molar-refractivity contribution in [2.24, 2.45) is 0 Å². The average molecular weight is 283 g/mol. The molecule has 0 saturated heterocycles. The van der Waals surface area contributed by atoms with Crippen LogP contribution in [-0.4, -0.2) is 24.0 Å². The van der Waals surface area contributed by atoms with Gasteiger partial charge in [0.05, 0.1) is 5.56 Å². The number of hydrogen-bond acceptors (Lipinski definition) is 4. The number of halogens is 1. The van der Waals surface area contributed by atoms with E-state index in [4.69, 9.17) is 22.1 Å². The highest BCUT2D eigenvalue weighted by Crippen LogP contribution is 2.20. The Morgan fingerprint density at radius 3 is 2.74 bits per heavy atom. The number of carbonyl (C=O) groups excluding carboxylic acids is 2. The van der Waals surface area contributed by atoms with E-state index in [1.165, 1.54) is 19.1 Å². The number of esters is 1. The van der Waals surface area contributed by atoms with Gasteiger partial charge in [-0.2, -0.15) is 0 Å². The van der Waals surface area contributed by atoms with Crippen LogP contribution in [0.5, 0.6) is 0 Å². The third-order valence-corrected chi connectivity index (χ3v) is 3.05. The lowest BCUT2D eigenvalue weighted by Gasteiger charge is -2.14. The summed E-state index contributed by atoms with van der Waals surface area (Å²) in [6.45, 7) is 1.53. The molecule has 1 unspecified atom stereocenters. The van der Waals surface area contributed by atoms with Crippen molar-refractivity contribution >= 4 is 29.2 Å². The molecule has 1 fully saturated rings. The molecule has 0 spiro atoms. The molecule has 6 heteroatoms. The van der Waals surface area contributed by atoms with Crippen LogP contribution in [0.4, 0.5) is 5.69 Å². The molecule has 2 rings (SSSR count). The summed E-state index contributed by atoms with van der Waals surface area (Å²) in [6.07, 6.45) is 1.12. The lowest BCUT2D eigenvalue weighted by atomic mass is 10.2. The maximum atomic E-state index is 11.9. The van der Waals surface area contributed by atoms with Gasteiger partial charge in [-0.05, 0) is 38.0 Å².